The van der Waals surface area contributed by atoms with Gasteiger partial charge >= 0.3 is 0 Å². The summed E-state index contributed by atoms with van der Waals surface area (Å²) in [5.41, 5.74) is 1.19. The highest BCUT2D eigenvalue weighted by molar-refractivity contribution is 5.84. The first-order chi connectivity index (χ1) is 12.7. The van der Waals surface area contributed by atoms with Gasteiger partial charge in [0.1, 0.15) is 5.75 Å². The van der Waals surface area contributed by atoms with Gasteiger partial charge in [-0.05, 0) is 47.4 Å². The Labute approximate surface area is 154 Å². The van der Waals surface area contributed by atoms with Crippen molar-refractivity contribution in [2.24, 2.45) is 0 Å². The second-order valence-electron chi connectivity index (χ2n) is 7.22. The Morgan fingerprint density at radius 1 is 1.23 bits per heavy atom. The summed E-state index contributed by atoms with van der Waals surface area (Å²) in [4.78, 5) is 14.2. The summed E-state index contributed by atoms with van der Waals surface area (Å²) in [6.45, 7) is 3.22. The molecule has 4 rings (SSSR count). The molecular formula is C21H26N2O3. The van der Waals surface area contributed by atoms with Crippen molar-refractivity contribution >= 4 is 16.7 Å². The highest BCUT2D eigenvalue weighted by Crippen LogP contribution is 2.28. The fourth-order valence-corrected chi connectivity index (χ4v) is 3.46. The number of hydrogen-bond donors (Lipinski definition) is 1. The number of amides is 1. The van der Waals surface area contributed by atoms with Crippen LogP contribution >= 0.6 is 0 Å². The smallest absolute Gasteiger partial charge is 0.221 e. The van der Waals surface area contributed by atoms with Crippen LogP contribution in [0.25, 0.3) is 10.8 Å². The number of benzene rings is 2. The van der Waals surface area contributed by atoms with E-state index >= 15 is 0 Å². The van der Waals surface area contributed by atoms with Crippen LogP contribution in [-0.4, -0.2) is 50.2 Å². The maximum Gasteiger partial charge on any atom is 0.221 e. The first-order valence-electron chi connectivity index (χ1n) is 9.42. The van der Waals surface area contributed by atoms with E-state index in [-0.39, 0.29) is 12.0 Å². The van der Waals surface area contributed by atoms with E-state index < -0.39 is 0 Å². The fourth-order valence-electron chi connectivity index (χ4n) is 3.46. The summed E-state index contributed by atoms with van der Waals surface area (Å²) in [7, 11) is 1.69. The van der Waals surface area contributed by atoms with Crippen molar-refractivity contribution in [2.45, 2.75) is 31.4 Å². The zero-order chi connectivity index (χ0) is 17.9. The minimum Gasteiger partial charge on any atom is -0.497 e. The van der Waals surface area contributed by atoms with Crippen molar-refractivity contribution in [1.82, 2.24) is 10.2 Å². The van der Waals surface area contributed by atoms with E-state index in [2.05, 4.69) is 34.5 Å². The molecule has 1 saturated carbocycles. The lowest BCUT2D eigenvalue weighted by Crippen LogP contribution is -2.40. The number of nitrogens with zero attached hydrogens (tertiary/aromatic N) is 1. The Bertz CT molecular complexity index is 788. The van der Waals surface area contributed by atoms with E-state index in [4.69, 9.17) is 9.47 Å². The summed E-state index contributed by atoms with van der Waals surface area (Å²) in [6, 6.07) is 13.0. The zero-order valence-electron chi connectivity index (χ0n) is 15.2. The van der Waals surface area contributed by atoms with Crippen LogP contribution in [0, 0.1) is 0 Å². The summed E-state index contributed by atoms with van der Waals surface area (Å²) < 4.78 is 11.3. The SMILES string of the molecule is COc1ccc2cc([C@@H]3CN(CCC(=O)NC4CC4)CCO3)ccc2c1. The van der Waals surface area contributed by atoms with E-state index in [1.807, 2.05) is 12.1 Å². The number of hydrogen-bond acceptors (Lipinski definition) is 4. The van der Waals surface area contributed by atoms with E-state index in [9.17, 15) is 4.79 Å². The van der Waals surface area contributed by atoms with Gasteiger partial charge in [0.15, 0.2) is 0 Å². The molecule has 1 N–H and O–H groups in total. The van der Waals surface area contributed by atoms with Crippen LogP contribution in [0.1, 0.15) is 30.9 Å². The van der Waals surface area contributed by atoms with Crippen LogP contribution in [0.5, 0.6) is 5.75 Å². The summed E-state index contributed by atoms with van der Waals surface area (Å²) in [6.07, 6.45) is 2.90. The van der Waals surface area contributed by atoms with Gasteiger partial charge in [0.05, 0.1) is 19.8 Å². The Hall–Kier alpha value is -2.11. The number of methoxy groups -OCH3 is 1. The molecule has 1 atom stereocenters. The van der Waals surface area contributed by atoms with E-state index in [1.165, 1.54) is 10.9 Å². The molecule has 1 saturated heterocycles. The van der Waals surface area contributed by atoms with Crippen molar-refractivity contribution in [3.8, 4) is 5.75 Å². The van der Waals surface area contributed by atoms with Crippen molar-refractivity contribution in [3.05, 3.63) is 42.0 Å². The second-order valence-corrected chi connectivity index (χ2v) is 7.22. The first-order valence-corrected chi connectivity index (χ1v) is 9.42. The molecule has 0 radical (unpaired) electrons. The molecule has 2 aromatic carbocycles. The van der Waals surface area contributed by atoms with Crippen molar-refractivity contribution < 1.29 is 14.3 Å². The predicted molar refractivity (Wildman–Crippen MR) is 101 cm³/mol. The maximum absolute atomic E-state index is 11.9. The molecule has 1 amide bonds. The number of fused-ring (bicyclic) bond motifs is 1. The third kappa shape index (κ3) is 4.17. The van der Waals surface area contributed by atoms with Crippen molar-refractivity contribution in [3.63, 3.8) is 0 Å². The largest absolute Gasteiger partial charge is 0.497 e. The molecule has 26 heavy (non-hydrogen) atoms. The van der Waals surface area contributed by atoms with Gasteiger partial charge < -0.3 is 14.8 Å². The maximum atomic E-state index is 11.9. The van der Waals surface area contributed by atoms with E-state index in [0.717, 1.165) is 43.6 Å². The fraction of sp³-hybridized carbons (Fsp3) is 0.476. The highest BCUT2D eigenvalue weighted by Gasteiger charge is 2.25. The molecule has 0 bridgehead atoms. The van der Waals surface area contributed by atoms with E-state index in [0.29, 0.717) is 19.1 Å². The number of rotatable bonds is 6. The average Bonchev–Trinajstić information content (AvgIpc) is 3.49. The molecule has 2 aliphatic rings. The summed E-state index contributed by atoms with van der Waals surface area (Å²) in [5, 5.41) is 5.41. The average molecular weight is 354 g/mol. The zero-order valence-corrected chi connectivity index (χ0v) is 15.2. The molecule has 1 aliphatic carbocycles. The van der Waals surface area contributed by atoms with Crippen LogP contribution in [0.3, 0.4) is 0 Å². The lowest BCUT2D eigenvalue weighted by Gasteiger charge is -2.33. The molecule has 2 aromatic rings. The first kappa shape index (κ1) is 17.3. The number of morpholine rings is 1. The van der Waals surface area contributed by atoms with Gasteiger partial charge in [-0.25, -0.2) is 0 Å². The van der Waals surface area contributed by atoms with Crippen LogP contribution in [0.4, 0.5) is 0 Å². The minimum atomic E-state index is 0.0572. The summed E-state index contributed by atoms with van der Waals surface area (Å²) in [5.74, 6) is 1.05. The Morgan fingerprint density at radius 2 is 2.04 bits per heavy atom. The minimum absolute atomic E-state index is 0.0572. The normalized spacial score (nSPS) is 20.9. The highest BCUT2D eigenvalue weighted by atomic mass is 16.5. The van der Waals surface area contributed by atoms with Gasteiger partial charge in [0, 0.05) is 32.1 Å². The quantitative estimate of drug-likeness (QED) is 0.867. The molecule has 1 heterocycles. The van der Waals surface area contributed by atoms with Crippen molar-refractivity contribution in [1.29, 1.82) is 0 Å². The molecule has 2 fully saturated rings. The molecule has 5 nitrogen and oxygen atoms in total. The van der Waals surface area contributed by atoms with Gasteiger partial charge in [0.2, 0.25) is 5.91 Å². The lowest BCUT2D eigenvalue weighted by atomic mass is 10.0. The number of ether oxygens (including phenoxy) is 2. The molecule has 5 heteroatoms. The van der Waals surface area contributed by atoms with Crippen LogP contribution < -0.4 is 10.1 Å². The van der Waals surface area contributed by atoms with Gasteiger partial charge in [-0.1, -0.05) is 18.2 Å². The number of carbonyl (C=O) groups is 1. The monoisotopic (exact) mass is 354 g/mol. The van der Waals surface area contributed by atoms with Gasteiger partial charge in [-0.15, -0.1) is 0 Å². The van der Waals surface area contributed by atoms with E-state index in [1.54, 1.807) is 7.11 Å². The van der Waals surface area contributed by atoms with Crippen LogP contribution in [0.15, 0.2) is 36.4 Å². The molecule has 0 aromatic heterocycles. The van der Waals surface area contributed by atoms with Crippen LogP contribution in [0.2, 0.25) is 0 Å². The summed E-state index contributed by atoms with van der Waals surface area (Å²) >= 11 is 0. The van der Waals surface area contributed by atoms with Gasteiger partial charge in [0.25, 0.3) is 0 Å². The molecule has 1 aliphatic heterocycles. The Kier molecular flexibility index (Phi) is 5.09. The number of carbonyl (C=O) groups excluding carboxylic acids is 1. The molecule has 0 spiro atoms. The molecule has 0 unspecified atom stereocenters. The Morgan fingerprint density at radius 3 is 2.85 bits per heavy atom. The second kappa shape index (κ2) is 7.64. The molecule has 138 valence electrons. The Balaban J connectivity index is 1.38. The van der Waals surface area contributed by atoms with Gasteiger partial charge in [-0.3, -0.25) is 9.69 Å². The number of nitrogens with one attached hydrogen (secondary N) is 1. The standard InChI is InChI=1S/C21H26N2O3/c1-25-19-7-4-15-12-17(3-2-16(15)13-19)20-14-23(10-11-26-20)9-8-21(24)22-18-5-6-18/h2-4,7,12-13,18,20H,5-6,8-11,14H2,1H3,(H,22,24)/t20-/m0/s1. The lowest BCUT2D eigenvalue weighted by molar-refractivity contribution is -0.122. The third-order valence-corrected chi connectivity index (χ3v) is 5.19. The van der Waals surface area contributed by atoms with Gasteiger partial charge in [-0.2, -0.15) is 0 Å². The topological polar surface area (TPSA) is 50.8 Å². The van der Waals surface area contributed by atoms with Crippen molar-refractivity contribution in [2.75, 3.05) is 33.4 Å². The molecular weight excluding hydrogens is 328 g/mol. The third-order valence-electron chi connectivity index (χ3n) is 5.19. The van der Waals surface area contributed by atoms with Crippen LogP contribution in [-0.2, 0) is 9.53 Å². The predicted octanol–water partition coefficient (Wildman–Crippen LogP) is 2.89.